The maximum absolute atomic E-state index is 13.4. The molecule has 2 aromatic carbocycles. The summed E-state index contributed by atoms with van der Waals surface area (Å²) in [5.41, 5.74) is 2.78. The van der Waals surface area contributed by atoms with E-state index in [1.54, 1.807) is 7.11 Å². The first-order valence-corrected chi connectivity index (χ1v) is 11.7. The molecule has 0 spiro atoms. The van der Waals surface area contributed by atoms with Crippen LogP contribution in [0, 0.1) is 0 Å². The molecular weight excluding hydrogens is 404 g/mol. The molecule has 1 aliphatic rings. The zero-order chi connectivity index (χ0) is 23.1. The van der Waals surface area contributed by atoms with Gasteiger partial charge in [-0.05, 0) is 44.4 Å². The van der Waals surface area contributed by atoms with E-state index in [0.29, 0.717) is 41.6 Å². The predicted octanol–water partition coefficient (Wildman–Crippen LogP) is 4.35. The van der Waals surface area contributed by atoms with Gasteiger partial charge in [0.25, 0.3) is 0 Å². The van der Waals surface area contributed by atoms with Crippen LogP contribution in [0.3, 0.4) is 0 Å². The fraction of sp³-hybridized carbons (Fsp3) is 0.500. The van der Waals surface area contributed by atoms with Crippen molar-refractivity contribution in [2.75, 3.05) is 59.6 Å². The summed E-state index contributed by atoms with van der Waals surface area (Å²) in [4.78, 5) is 18.0. The normalized spacial score (nSPS) is 12.3. The lowest BCUT2D eigenvalue weighted by Gasteiger charge is -2.20. The average molecular weight is 441 g/mol. The molecule has 174 valence electrons. The average Bonchev–Trinajstić information content (AvgIpc) is 3.13. The van der Waals surface area contributed by atoms with Gasteiger partial charge in [0.05, 0.1) is 12.7 Å². The van der Waals surface area contributed by atoms with Gasteiger partial charge in [0.1, 0.15) is 30.5 Å². The van der Waals surface area contributed by atoms with Crippen molar-refractivity contribution >= 4 is 5.78 Å². The number of methoxy groups -OCH3 is 1. The quantitative estimate of drug-likeness (QED) is 0.394. The highest BCUT2D eigenvalue weighted by atomic mass is 16.5. The molecule has 0 fully saturated rings. The standard InChI is InChI=1S/C26H36N2O4/c1-6-27(7-2)15-17-31-21-12-10-11-19-23(21)24-20(30-5)13-14-22(25(24)26(19)29)32-18-16-28(8-3)9-4/h10-14H,6-9,15-18H2,1-5H3. The summed E-state index contributed by atoms with van der Waals surface area (Å²) < 4.78 is 17.9. The van der Waals surface area contributed by atoms with E-state index in [0.717, 1.165) is 50.4 Å². The van der Waals surface area contributed by atoms with Crippen LogP contribution in [0.4, 0.5) is 0 Å². The molecule has 0 unspecified atom stereocenters. The molecule has 0 heterocycles. The second kappa shape index (κ2) is 11.3. The van der Waals surface area contributed by atoms with Crippen LogP contribution in [0.25, 0.3) is 11.1 Å². The zero-order valence-corrected chi connectivity index (χ0v) is 20.1. The Hall–Kier alpha value is -2.57. The number of ether oxygens (including phenoxy) is 3. The van der Waals surface area contributed by atoms with Crippen molar-refractivity contribution < 1.29 is 19.0 Å². The van der Waals surface area contributed by atoms with Gasteiger partial charge in [-0.15, -0.1) is 0 Å². The molecule has 0 amide bonds. The number of carbonyl (C=O) groups excluding carboxylic acids is 1. The van der Waals surface area contributed by atoms with E-state index in [1.807, 2.05) is 30.3 Å². The highest BCUT2D eigenvalue weighted by Gasteiger charge is 2.35. The molecule has 0 aromatic heterocycles. The molecule has 6 heteroatoms. The van der Waals surface area contributed by atoms with Gasteiger partial charge in [-0.3, -0.25) is 4.79 Å². The van der Waals surface area contributed by atoms with Crippen LogP contribution in [-0.4, -0.2) is 75.2 Å². The molecule has 0 aliphatic heterocycles. The molecule has 6 nitrogen and oxygen atoms in total. The predicted molar refractivity (Wildman–Crippen MR) is 128 cm³/mol. The van der Waals surface area contributed by atoms with E-state index in [9.17, 15) is 4.79 Å². The summed E-state index contributed by atoms with van der Waals surface area (Å²) in [6.45, 7) is 15.2. The molecule has 1 aliphatic carbocycles. The van der Waals surface area contributed by atoms with E-state index >= 15 is 0 Å². The second-order valence-corrected chi connectivity index (χ2v) is 7.77. The molecule has 2 aromatic rings. The second-order valence-electron chi connectivity index (χ2n) is 7.77. The summed E-state index contributed by atoms with van der Waals surface area (Å²) >= 11 is 0. The van der Waals surface area contributed by atoms with Crippen LogP contribution >= 0.6 is 0 Å². The molecule has 0 N–H and O–H groups in total. The minimum absolute atomic E-state index is 0.0408. The summed E-state index contributed by atoms with van der Waals surface area (Å²) in [5.74, 6) is 1.92. The highest BCUT2D eigenvalue weighted by molar-refractivity contribution is 6.25. The van der Waals surface area contributed by atoms with Gasteiger partial charge in [-0.25, -0.2) is 0 Å². The first-order chi connectivity index (χ1) is 15.6. The van der Waals surface area contributed by atoms with Crippen LogP contribution in [0.2, 0.25) is 0 Å². The summed E-state index contributed by atoms with van der Waals surface area (Å²) in [7, 11) is 1.63. The monoisotopic (exact) mass is 440 g/mol. The summed E-state index contributed by atoms with van der Waals surface area (Å²) in [6.07, 6.45) is 0. The minimum atomic E-state index is -0.0408. The molecule has 0 atom stereocenters. The van der Waals surface area contributed by atoms with Gasteiger partial charge in [-0.1, -0.05) is 39.8 Å². The fourth-order valence-electron chi connectivity index (χ4n) is 4.21. The van der Waals surface area contributed by atoms with Crippen molar-refractivity contribution in [3.63, 3.8) is 0 Å². The van der Waals surface area contributed by atoms with Crippen molar-refractivity contribution in [3.05, 3.63) is 41.5 Å². The minimum Gasteiger partial charge on any atom is -0.496 e. The van der Waals surface area contributed by atoms with Crippen LogP contribution < -0.4 is 14.2 Å². The summed E-state index contributed by atoms with van der Waals surface area (Å²) in [6, 6.07) is 9.37. The van der Waals surface area contributed by atoms with Gasteiger partial charge in [0, 0.05) is 29.8 Å². The largest absolute Gasteiger partial charge is 0.496 e. The van der Waals surface area contributed by atoms with Crippen molar-refractivity contribution in [2.45, 2.75) is 27.7 Å². The Kier molecular flexibility index (Phi) is 8.53. The zero-order valence-electron chi connectivity index (χ0n) is 20.1. The number of benzene rings is 2. The van der Waals surface area contributed by atoms with Gasteiger partial charge >= 0.3 is 0 Å². The number of nitrogens with zero attached hydrogens (tertiary/aromatic N) is 2. The number of rotatable bonds is 13. The number of likely N-dealkylation sites (N-methyl/N-ethyl adjacent to an activating group) is 2. The third-order valence-electron chi connectivity index (χ3n) is 6.22. The Morgan fingerprint density at radius 3 is 1.75 bits per heavy atom. The maximum atomic E-state index is 13.4. The molecule has 0 saturated heterocycles. The summed E-state index contributed by atoms with van der Waals surface area (Å²) in [5, 5.41) is 0. The van der Waals surface area contributed by atoms with Gasteiger partial charge < -0.3 is 24.0 Å². The van der Waals surface area contributed by atoms with Crippen molar-refractivity contribution in [1.82, 2.24) is 9.80 Å². The van der Waals surface area contributed by atoms with Crippen molar-refractivity contribution in [3.8, 4) is 28.4 Å². The third-order valence-corrected chi connectivity index (χ3v) is 6.22. The van der Waals surface area contributed by atoms with E-state index in [1.165, 1.54) is 0 Å². The number of carbonyl (C=O) groups is 1. The SMILES string of the molecule is CCN(CC)CCOc1ccc(OC)c2c1C(=O)c1cccc(OCCN(CC)CC)c1-2. The van der Waals surface area contributed by atoms with E-state index < -0.39 is 0 Å². The van der Waals surface area contributed by atoms with Gasteiger partial charge in [0.2, 0.25) is 0 Å². The van der Waals surface area contributed by atoms with Crippen molar-refractivity contribution in [1.29, 1.82) is 0 Å². The number of hydrogen-bond acceptors (Lipinski definition) is 6. The van der Waals surface area contributed by atoms with Crippen molar-refractivity contribution in [2.24, 2.45) is 0 Å². The maximum Gasteiger partial charge on any atom is 0.198 e. The van der Waals surface area contributed by atoms with E-state index in [4.69, 9.17) is 14.2 Å². The molecule has 3 rings (SSSR count). The third kappa shape index (κ3) is 4.92. The Morgan fingerprint density at radius 2 is 1.22 bits per heavy atom. The lowest BCUT2D eigenvalue weighted by atomic mass is 10.0. The van der Waals surface area contributed by atoms with Crippen LogP contribution in [-0.2, 0) is 0 Å². The number of ketones is 1. The van der Waals surface area contributed by atoms with Gasteiger partial charge in [0.15, 0.2) is 5.78 Å². The Labute approximate surface area is 192 Å². The lowest BCUT2D eigenvalue weighted by molar-refractivity contribution is 0.103. The smallest absolute Gasteiger partial charge is 0.198 e. The highest BCUT2D eigenvalue weighted by Crippen LogP contribution is 2.50. The molecule has 0 radical (unpaired) electrons. The topological polar surface area (TPSA) is 51.2 Å². The molecule has 0 saturated carbocycles. The molecule has 32 heavy (non-hydrogen) atoms. The number of hydrogen-bond donors (Lipinski definition) is 0. The molecule has 0 bridgehead atoms. The fourth-order valence-corrected chi connectivity index (χ4v) is 4.21. The molecular formula is C26H36N2O4. The van der Waals surface area contributed by atoms with Crippen LogP contribution in [0.1, 0.15) is 43.6 Å². The van der Waals surface area contributed by atoms with E-state index in [-0.39, 0.29) is 5.78 Å². The number of fused-ring (bicyclic) bond motifs is 3. The Morgan fingerprint density at radius 1 is 0.688 bits per heavy atom. The van der Waals surface area contributed by atoms with Gasteiger partial charge in [-0.2, -0.15) is 0 Å². The van der Waals surface area contributed by atoms with Crippen LogP contribution in [0.15, 0.2) is 30.3 Å². The first kappa shape index (κ1) is 24.1. The van der Waals surface area contributed by atoms with E-state index in [2.05, 4.69) is 37.5 Å². The first-order valence-electron chi connectivity index (χ1n) is 11.7. The Bertz CT molecular complexity index is 920. The Balaban J connectivity index is 1.91. The van der Waals surface area contributed by atoms with Crippen LogP contribution in [0.5, 0.6) is 17.2 Å². The lowest BCUT2D eigenvalue weighted by Crippen LogP contribution is -2.28.